The molecule has 19 heavy (non-hydrogen) atoms. The van der Waals surface area contributed by atoms with Crippen molar-refractivity contribution in [1.82, 2.24) is 4.90 Å². The van der Waals surface area contributed by atoms with Crippen molar-refractivity contribution in [2.45, 2.75) is 25.0 Å². The molecule has 0 saturated carbocycles. The van der Waals surface area contributed by atoms with E-state index in [1.807, 2.05) is 31.1 Å². The lowest BCUT2D eigenvalue weighted by Gasteiger charge is -2.30. The lowest BCUT2D eigenvalue weighted by molar-refractivity contribution is -0.116. The summed E-state index contributed by atoms with van der Waals surface area (Å²) in [5.74, 6) is 0.0615. The van der Waals surface area contributed by atoms with E-state index in [1.54, 1.807) is 0 Å². The predicted molar refractivity (Wildman–Crippen MR) is 74.9 cm³/mol. The van der Waals surface area contributed by atoms with Crippen LogP contribution in [0.3, 0.4) is 0 Å². The van der Waals surface area contributed by atoms with Gasteiger partial charge in [-0.3, -0.25) is 4.79 Å². The molecule has 1 aliphatic rings. The van der Waals surface area contributed by atoms with Gasteiger partial charge in [-0.25, -0.2) is 0 Å². The molecule has 1 heterocycles. The Labute approximate surface area is 113 Å². The number of rotatable bonds is 4. The van der Waals surface area contributed by atoms with Gasteiger partial charge in [0.2, 0.25) is 5.91 Å². The Morgan fingerprint density at radius 3 is 2.79 bits per heavy atom. The maximum absolute atomic E-state index is 11.3. The van der Waals surface area contributed by atoms with E-state index < -0.39 is 6.10 Å². The first-order valence-corrected chi connectivity index (χ1v) is 6.50. The first-order chi connectivity index (χ1) is 9.02. The molecule has 0 aliphatic carbocycles. The van der Waals surface area contributed by atoms with Gasteiger partial charge in [0, 0.05) is 18.7 Å². The van der Waals surface area contributed by atoms with Gasteiger partial charge in [-0.15, -0.1) is 0 Å². The third-order valence-electron chi connectivity index (χ3n) is 3.53. The molecule has 1 aliphatic heterocycles. The largest absolute Gasteiger partial charge is 0.390 e. The topological polar surface area (TPSA) is 78.6 Å². The van der Waals surface area contributed by atoms with E-state index in [4.69, 9.17) is 5.73 Å². The second kappa shape index (κ2) is 5.69. The van der Waals surface area contributed by atoms with Crippen molar-refractivity contribution in [2.24, 2.45) is 5.73 Å². The number of fused-ring (bicyclic) bond motifs is 1. The van der Waals surface area contributed by atoms with Crippen molar-refractivity contribution >= 4 is 11.6 Å². The monoisotopic (exact) mass is 263 g/mol. The minimum absolute atomic E-state index is 0.0615. The number of nitrogens with one attached hydrogen (secondary N) is 1. The number of likely N-dealkylation sites (N-methyl/N-ethyl adjacent to an activating group) is 1. The molecule has 1 amide bonds. The Morgan fingerprint density at radius 2 is 2.16 bits per heavy atom. The third kappa shape index (κ3) is 2.94. The van der Waals surface area contributed by atoms with Crippen LogP contribution in [0.4, 0.5) is 5.69 Å². The van der Waals surface area contributed by atoms with Crippen molar-refractivity contribution in [2.75, 3.05) is 26.0 Å². The second-order valence-electron chi connectivity index (χ2n) is 5.18. The van der Waals surface area contributed by atoms with Gasteiger partial charge < -0.3 is 21.1 Å². The maximum Gasteiger partial charge on any atom is 0.224 e. The van der Waals surface area contributed by atoms with E-state index >= 15 is 0 Å². The van der Waals surface area contributed by atoms with Crippen LogP contribution in [-0.4, -0.2) is 42.7 Å². The third-order valence-corrected chi connectivity index (χ3v) is 3.53. The second-order valence-corrected chi connectivity index (χ2v) is 5.18. The summed E-state index contributed by atoms with van der Waals surface area (Å²) in [6.45, 7) is 0.219. The summed E-state index contributed by atoms with van der Waals surface area (Å²) in [4.78, 5) is 13.3. The van der Waals surface area contributed by atoms with Gasteiger partial charge >= 0.3 is 0 Å². The fourth-order valence-corrected chi connectivity index (χ4v) is 2.58. The summed E-state index contributed by atoms with van der Waals surface area (Å²) < 4.78 is 0. The number of nitrogens with two attached hydrogens (primary N) is 1. The number of nitrogens with zero attached hydrogens (tertiary/aromatic N) is 1. The summed E-state index contributed by atoms with van der Waals surface area (Å²) in [5.41, 5.74) is 8.59. The van der Waals surface area contributed by atoms with E-state index in [1.165, 1.54) is 0 Å². The van der Waals surface area contributed by atoms with Gasteiger partial charge in [-0.1, -0.05) is 12.1 Å². The SMILES string of the molecule is CN(C)C(c1ccc2c(c1)CCC(=O)N2)C(O)CN. The molecule has 5 nitrogen and oxygen atoms in total. The van der Waals surface area contributed by atoms with E-state index in [0.29, 0.717) is 6.42 Å². The number of carbonyl (C=O) groups excluding carboxylic acids is 1. The molecule has 2 unspecified atom stereocenters. The minimum atomic E-state index is -0.605. The molecule has 0 aromatic heterocycles. The number of hydrogen-bond donors (Lipinski definition) is 3. The normalized spacial score (nSPS) is 17.8. The molecule has 2 atom stereocenters. The maximum atomic E-state index is 11.3. The predicted octanol–water partition coefficient (Wildman–Crippen LogP) is 0.494. The molecule has 4 N–H and O–H groups in total. The highest BCUT2D eigenvalue weighted by atomic mass is 16.3. The van der Waals surface area contributed by atoms with E-state index in [0.717, 1.165) is 23.2 Å². The van der Waals surface area contributed by atoms with Gasteiger partial charge in [-0.2, -0.15) is 0 Å². The van der Waals surface area contributed by atoms with Crippen LogP contribution in [0.1, 0.15) is 23.6 Å². The van der Waals surface area contributed by atoms with E-state index in [-0.39, 0.29) is 18.5 Å². The summed E-state index contributed by atoms with van der Waals surface area (Å²) in [6.07, 6.45) is 0.655. The quantitative estimate of drug-likeness (QED) is 0.739. The summed E-state index contributed by atoms with van der Waals surface area (Å²) in [7, 11) is 3.84. The standard InChI is InChI=1S/C14H21N3O2/c1-17(2)14(12(18)8-15)10-3-5-11-9(7-10)4-6-13(19)16-11/h3,5,7,12,14,18H,4,6,8,15H2,1-2H3,(H,16,19). The Balaban J connectivity index is 2.32. The van der Waals surface area contributed by atoms with Gasteiger partial charge in [0.05, 0.1) is 12.1 Å². The number of hydrogen-bond acceptors (Lipinski definition) is 4. The lowest BCUT2D eigenvalue weighted by Crippen LogP contribution is -2.36. The summed E-state index contributed by atoms with van der Waals surface area (Å²) in [5, 5.41) is 12.9. The molecule has 2 rings (SSSR count). The smallest absolute Gasteiger partial charge is 0.224 e. The molecule has 5 heteroatoms. The highest BCUT2D eigenvalue weighted by molar-refractivity contribution is 5.93. The molecular formula is C14H21N3O2. The van der Waals surface area contributed by atoms with Crippen LogP contribution in [0.25, 0.3) is 0 Å². The summed E-state index contributed by atoms with van der Waals surface area (Å²) in [6, 6.07) is 5.77. The number of aliphatic hydroxyl groups is 1. The average Bonchev–Trinajstić information content (AvgIpc) is 2.38. The fraction of sp³-hybridized carbons (Fsp3) is 0.500. The van der Waals surface area contributed by atoms with Crippen molar-refractivity contribution in [1.29, 1.82) is 0 Å². The first-order valence-electron chi connectivity index (χ1n) is 6.50. The van der Waals surface area contributed by atoms with Crippen molar-refractivity contribution in [3.8, 4) is 0 Å². The molecule has 0 spiro atoms. The lowest BCUT2D eigenvalue weighted by atomic mass is 9.94. The number of amides is 1. The van der Waals surface area contributed by atoms with Gasteiger partial charge in [-0.05, 0) is 37.7 Å². The van der Waals surface area contributed by atoms with Crippen LogP contribution < -0.4 is 11.1 Å². The van der Waals surface area contributed by atoms with Gasteiger partial charge in [0.1, 0.15) is 0 Å². The Morgan fingerprint density at radius 1 is 1.42 bits per heavy atom. The molecular weight excluding hydrogens is 242 g/mol. The minimum Gasteiger partial charge on any atom is -0.390 e. The molecule has 1 aromatic rings. The number of benzene rings is 1. The van der Waals surface area contributed by atoms with E-state index in [2.05, 4.69) is 11.4 Å². The molecule has 0 radical (unpaired) electrons. The van der Waals surface area contributed by atoms with Crippen LogP contribution in [0.5, 0.6) is 0 Å². The molecule has 0 saturated heterocycles. The molecule has 0 fully saturated rings. The Hall–Kier alpha value is -1.43. The summed E-state index contributed by atoms with van der Waals surface area (Å²) >= 11 is 0. The van der Waals surface area contributed by atoms with Crippen LogP contribution >= 0.6 is 0 Å². The Bertz CT molecular complexity index is 474. The zero-order chi connectivity index (χ0) is 14.0. The number of carbonyl (C=O) groups is 1. The van der Waals surface area contributed by atoms with Crippen molar-refractivity contribution in [3.63, 3.8) is 0 Å². The molecule has 104 valence electrons. The van der Waals surface area contributed by atoms with Crippen molar-refractivity contribution in [3.05, 3.63) is 29.3 Å². The zero-order valence-electron chi connectivity index (χ0n) is 11.4. The average molecular weight is 263 g/mol. The van der Waals surface area contributed by atoms with Crippen LogP contribution in [0.15, 0.2) is 18.2 Å². The Kier molecular flexibility index (Phi) is 4.19. The molecule has 1 aromatic carbocycles. The fourth-order valence-electron chi connectivity index (χ4n) is 2.58. The number of aliphatic hydroxyl groups excluding tert-OH is 1. The van der Waals surface area contributed by atoms with Crippen molar-refractivity contribution < 1.29 is 9.90 Å². The number of anilines is 1. The van der Waals surface area contributed by atoms with Crippen LogP contribution in [0, 0.1) is 0 Å². The zero-order valence-corrected chi connectivity index (χ0v) is 11.4. The van der Waals surface area contributed by atoms with Gasteiger partial charge in [0.25, 0.3) is 0 Å². The molecule has 0 bridgehead atoms. The van der Waals surface area contributed by atoms with E-state index in [9.17, 15) is 9.90 Å². The van der Waals surface area contributed by atoms with Crippen LogP contribution in [-0.2, 0) is 11.2 Å². The highest BCUT2D eigenvalue weighted by Crippen LogP contribution is 2.29. The highest BCUT2D eigenvalue weighted by Gasteiger charge is 2.24. The van der Waals surface area contributed by atoms with Gasteiger partial charge in [0.15, 0.2) is 0 Å². The number of aryl methyl sites for hydroxylation is 1. The first kappa shape index (κ1) is 14.0. The van der Waals surface area contributed by atoms with Crippen LogP contribution in [0.2, 0.25) is 0 Å².